The van der Waals surface area contributed by atoms with Crippen LogP contribution in [0.1, 0.15) is 20.8 Å². The predicted molar refractivity (Wildman–Crippen MR) is 103 cm³/mol. The molecule has 0 saturated carbocycles. The van der Waals surface area contributed by atoms with Gasteiger partial charge in [0, 0.05) is 10.7 Å². The summed E-state index contributed by atoms with van der Waals surface area (Å²) in [6.07, 6.45) is 0. The van der Waals surface area contributed by atoms with E-state index in [1.165, 1.54) is 0 Å². The first kappa shape index (κ1) is 19.6. The molecular formula is C16H32FNOSi3. The van der Waals surface area contributed by atoms with Crippen molar-refractivity contribution in [2.45, 2.75) is 65.1 Å². The second-order valence-electron chi connectivity index (χ2n) is 8.87. The van der Waals surface area contributed by atoms with Crippen molar-refractivity contribution in [3.63, 3.8) is 0 Å². The van der Waals surface area contributed by atoms with Crippen molar-refractivity contribution in [3.8, 4) is 0 Å². The van der Waals surface area contributed by atoms with Gasteiger partial charge in [0.2, 0.25) is 0 Å². The Kier molecular flexibility index (Phi) is 5.54. The minimum absolute atomic E-state index is 0.511. The fourth-order valence-electron chi connectivity index (χ4n) is 2.50. The summed E-state index contributed by atoms with van der Waals surface area (Å²) in [7, 11) is -7.60. The van der Waals surface area contributed by atoms with Crippen molar-refractivity contribution in [1.82, 2.24) is 0 Å². The van der Waals surface area contributed by atoms with Crippen LogP contribution in [0.5, 0.6) is 0 Å². The Balaban J connectivity index is 3.52. The van der Waals surface area contributed by atoms with Crippen molar-refractivity contribution in [2.75, 3.05) is 4.23 Å². The van der Waals surface area contributed by atoms with Gasteiger partial charge in [-0.05, 0) is 31.8 Å². The van der Waals surface area contributed by atoms with Gasteiger partial charge in [-0.3, -0.25) is 4.11 Å². The van der Waals surface area contributed by atoms with Crippen molar-refractivity contribution in [1.29, 1.82) is 0 Å². The molecule has 2 nitrogen and oxygen atoms in total. The number of halogens is 1. The molecule has 1 unspecified atom stereocenters. The summed E-state index contributed by atoms with van der Waals surface area (Å²) in [6, 6.07) is 9.96. The fraction of sp³-hybridized carbons (Fsp3) is 0.625. The predicted octanol–water partition coefficient (Wildman–Crippen LogP) is 5.89. The summed E-state index contributed by atoms with van der Waals surface area (Å²) in [5.41, 5.74) is 0.962. The fourth-order valence-corrected chi connectivity index (χ4v) is 14.3. The number of anilines is 1. The van der Waals surface area contributed by atoms with Gasteiger partial charge >= 0.3 is 8.81 Å². The van der Waals surface area contributed by atoms with E-state index in [0.717, 1.165) is 5.69 Å². The molecule has 0 aliphatic heterocycles. The van der Waals surface area contributed by atoms with Gasteiger partial charge in [0.25, 0.3) is 0 Å². The zero-order chi connectivity index (χ0) is 17.4. The third kappa shape index (κ3) is 4.53. The second-order valence-corrected chi connectivity index (χ2v) is 22.2. The smallest absolute Gasteiger partial charge is 0.418 e. The summed E-state index contributed by atoms with van der Waals surface area (Å²) < 4.78 is 24.9. The maximum absolute atomic E-state index is 16.6. The molecule has 0 radical (unpaired) electrons. The Morgan fingerprint density at radius 1 is 0.909 bits per heavy atom. The normalized spacial score (nSPS) is 16.3. The lowest BCUT2D eigenvalue weighted by Crippen LogP contribution is -2.69. The SMILES string of the molecule is CC(C)(C)[Si](F)(O[Si](C)(C)C)N(c1ccccc1)[Si](C)(C)C. The standard InChI is InChI=1S/C16H32FNOSi3/c1-16(2,3)22(17,19-21(7,8)9)18(20(4,5)6)15-13-11-10-12-14-15/h10-14H,1-9H3. The molecule has 126 valence electrons. The van der Waals surface area contributed by atoms with Gasteiger partial charge in [-0.15, -0.1) is 0 Å². The van der Waals surface area contributed by atoms with E-state index in [0.29, 0.717) is 0 Å². The van der Waals surface area contributed by atoms with Crippen molar-refractivity contribution < 1.29 is 8.22 Å². The van der Waals surface area contributed by atoms with Crippen LogP contribution in [-0.2, 0) is 4.12 Å². The van der Waals surface area contributed by atoms with Crippen LogP contribution in [0.15, 0.2) is 30.3 Å². The highest BCUT2D eigenvalue weighted by molar-refractivity contribution is 6.99. The van der Waals surface area contributed by atoms with E-state index in [1.807, 2.05) is 51.1 Å². The topological polar surface area (TPSA) is 12.5 Å². The Labute approximate surface area is 139 Å². The highest BCUT2D eigenvalue weighted by atomic mass is 28.5. The Morgan fingerprint density at radius 2 is 1.36 bits per heavy atom. The molecule has 0 aliphatic rings. The zero-order valence-corrected chi connectivity index (χ0v) is 18.6. The molecule has 22 heavy (non-hydrogen) atoms. The monoisotopic (exact) mass is 357 g/mol. The first-order chi connectivity index (χ1) is 9.68. The molecule has 0 N–H and O–H groups in total. The minimum atomic E-state index is -3.64. The molecule has 0 aliphatic carbocycles. The summed E-state index contributed by atoms with van der Waals surface area (Å²) in [6.45, 7) is 18.8. The van der Waals surface area contributed by atoms with E-state index in [1.54, 1.807) is 0 Å². The van der Waals surface area contributed by atoms with Crippen molar-refractivity contribution in [3.05, 3.63) is 30.3 Å². The summed E-state index contributed by atoms with van der Waals surface area (Å²) in [5.74, 6) is 0. The minimum Gasteiger partial charge on any atom is -0.418 e. The average Bonchev–Trinajstić information content (AvgIpc) is 2.24. The first-order valence-corrected chi connectivity index (χ1v) is 16.5. The van der Waals surface area contributed by atoms with E-state index in [9.17, 15) is 0 Å². The van der Waals surface area contributed by atoms with E-state index in [-0.39, 0.29) is 0 Å². The number of para-hydroxylation sites is 1. The molecule has 0 bridgehead atoms. The molecule has 0 fully saturated rings. The molecule has 1 atom stereocenters. The van der Waals surface area contributed by atoms with Crippen LogP contribution in [0, 0.1) is 0 Å². The highest BCUT2D eigenvalue weighted by Crippen LogP contribution is 2.45. The quantitative estimate of drug-likeness (QED) is 0.481. The van der Waals surface area contributed by atoms with Gasteiger partial charge in [-0.1, -0.05) is 58.6 Å². The largest absolute Gasteiger partial charge is 0.487 e. The number of hydrogen-bond acceptors (Lipinski definition) is 2. The molecule has 0 amide bonds. The molecule has 6 heteroatoms. The van der Waals surface area contributed by atoms with Crippen LogP contribution in [0.4, 0.5) is 9.80 Å². The molecule has 1 aromatic rings. The summed E-state index contributed by atoms with van der Waals surface area (Å²) >= 11 is 0. The van der Waals surface area contributed by atoms with Gasteiger partial charge in [-0.2, -0.15) is 0 Å². The van der Waals surface area contributed by atoms with Crippen LogP contribution in [0.25, 0.3) is 0 Å². The van der Waals surface area contributed by atoms with Gasteiger partial charge in [0.15, 0.2) is 8.32 Å². The van der Waals surface area contributed by atoms with Crippen LogP contribution >= 0.6 is 0 Å². The average molecular weight is 358 g/mol. The van der Waals surface area contributed by atoms with E-state index < -0.39 is 30.4 Å². The van der Waals surface area contributed by atoms with Crippen molar-refractivity contribution >= 4 is 31.1 Å². The molecule has 0 aromatic heterocycles. The molecule has 1 rings (SSSR count). The zero-order valence-electron chi connectivity index (χ0n) is 15.6. The number of hydrogen-bond donors (Lipinski definition) is 0. The van der Waals surface area contributed by atoms with Crippen LogP contribution < -0.4 is 4.23 Å². The van der Waals surface area contributed by atoms with Crippen LogP contribution in [0.3, 0.4) is 0 Å². The van der Waals surface area contributed by atoms with E-state index >= 15 is 4.11 Å². The molecular weight excluding hydrogens is 325 g/mol. The lowest BCUT2D eigenvalue weighted by molar-refractivity contribution is 0.398. The van der Waals surface area contributed by atoms with Gasteiger partial charge in [-0.25, -0.2) is 0 Å². The molecule has 0 spiro atoms. The Morgan fingerprint density at radius 3 is 1.68 bits per heavy atom. The Bertz CT molecular complexity index is 491. The number of nitrogens with zero attached hydrogens (tertiary/aromatic N) is 1. The first-order valence-electron chi connectivity index (χ1n) is 7.93. The number of benzene rings is 1. The summed E-state index contributed by atoms with van der Waals surface area (Å²) in [4.78, 5) is 0. The van der Waals surface area contributed by atoms with Gasteiger partial charge in [0.05, 0.1) is 0 Å². The van der Waals surface area contributed by atoms with Crippen LogP contribution in [0.2, 0.25) is 44.3 Å². The van der Waals surface area contributed by atoms with E-state index in [2.05, 4.69) is 43.5 Å². The third-order valence-electron chi connectivity index (χ3n) is 3.34. The number of rotatable bonds is 5. The Hall–Kier alpha value is -0.439. The van der Waals surface area contributed by atoms with E-state index in [4.69, 9.17) is 4.12 Å². The summed E-state index contributed by atoms with van der Waals surface area (Å²) in [5, 5.41) is -0.511. The van der Waals surface area contributed by atoms with Gasteiger partial charge in [0.1, 0.15) is 8.24 Å². The maximum Gasteiger partial charge on any atom is 0.487 e. The van der Waals surface area contributed by atoms with Gasteiger partial charge < -0.3 is 8.35 Å². The third-order valence-corrected chi connectivity index (χ3v) is 14.0. The molecule has 0 heterocycles. The molecule has 1 aromatic carbocycles. The maximum atomic E-state index is 16.6. The lowest BCUT2D eigenvalue weighted by Gasteiger charge is -2.51. The second kappa shape index (κ2) is 6.22. The van der Waals surface area contributed by atoms with Crippen LogP contribution in [-0.4, -0.2) is 25.4 Å². The lowest BCUT2D eigenvalue weighted by atomic mass is 10.3. The highest BCUT2D eigenvalue weighted by Gasteiger charge is 2.59. The van der Waals surface area contributed by atoms with Crippen molar-refractivity contribution in [2.24, 2.45) is 0 Å². The molecule has 0 saturated heterocycles.